The van der Waals surface area contributed by atoms with Crippen LogP contribution in [0.1, 0.15) is 65.2 Å². The van der Waals surface area contributed by atoms with E-state index >= 15 is 0 Å². The Kier molecular flexibility index (Phi) is 6.56. The third-order valence-electron chi connectivity index (χ3n) is 3.69. The van der Waals surface area contributed by atoms with E-state index in [1.165, 1.54) is 19.3 Å². The minimum Gasteiger partial charge on any atom is -0.462 e. The maximum Gasteiger partial charge on any atom is 0.306 e. The molecule has 0 aromatic carbocycles. The lowest BCUT2D eigenvalue weighted by molar-refractivity contribution is -0.153. The van der Waals surface area contributed by atoms with Crippen LogP contribution in [0.4, 0.5) is 0 Å². The molecular formula is C14H27NO2. The van der Waals surface area contributed by atoms with Gasteiger partial charge in [-0.1, -0.05) is 13.3 Å². The molecule has 0 aromatic heterocycles. The predicted octanol–water partition coefficient (Wildman–Crippen LogP) is 3.02. The van der Waals surface area contributed by atoms with Crippen molar-refractivity contribution in [2.75, 3.05) is 0 Å². The van der Waals surface area contributed by atoms with E-state index in [9.17, 15) is 4.79 Å². The van der Waals surface area contributed by atoms with Crippen LogP contribution in [0.5, 0.6) is 0 Å². The molecule has 0 radical (unpaired) electrons. The van der Waals surface area contributed by atoms with Crippen molar-refractivity contribution in [3.05, 3.63) is 0 Å². The normalized spacial score (nSPS) is 26.5. The topological polar surface area (TPSA) is 52.3 Å². The van der Waals surface area contributed by atoms with Gasteiger partial charge >= 0.3 is 5.97 Å². The number of nitrogens with two attached hydrogens (primary N) is 1. The Hall–Kier alpha value is -0.570. The van der Waals surface area contributed by atoms with E-state index < -0.39 is 0 Å². The third-order valence-corrected chi connectivity index (χ3v) is 3.69. The number of carbonyl (C=O) groups is 1. The zero-order valence-corrected chi connectivity index (χ0v) is 11.3. The Labute approximate surface area is 105 Å². The molecule has 0 aromatic rings. The molecule has 17 heavy (non-hydrogen) atoms. The number of ether oxygens (including phenoxy) is 1. The van der Waals surface area contributed by atoms with Crippen molar-refractivity contribution in [2.24, 2.45) is 11.7 Å². The van der Waals surface area contributed by atoms with Gasteiger partial charge in [0.15, 0.2) is 0 Å². The van der Waals surface area contributed by atoms with Gasteiger partial charge in [-0.2, -0.15) is 0 Å². The van der Waals surface area contributed by atoms with Crippen LogP contribution in [-0.2, 0) is 9.53 Å². The van der Waals surface area contributed by atoms with Gasteiger partial charge < -0.3 is 10.5 Å². The van der Waals surface area contributed by atoms with Gasteiger partial charge in [-0.3, -0.25) is 4.79 Å². The summed E-state index contributed by atoms with van der Waals surface area (Å²) in [4.78, 5) is 11.7. The summed E-state index contributed by atoms with van der Waals surface area (Å²) in [5, 5.41) is 0. The summed E-state index contributed by atoms with van der Waals surface area (Å²) in [6, 6.07) is 0.181. The molecule has 3 nitrogen and oxygen atoms in total. The first-order valence-electron chi connectivity index (χ1n) is 7.08. The van der Waals surface area contributed by atoms with E-state index in [2.05, 4.69) is 6.92 Å². The molecule has 0 aliphatic heterocycles. The second-order valence-electron chi connectivity index (χ2n) is 5.35. The van der Waals surface area contributed by atoms with Gasteiger partial charge in [-0.15, -0.1) is 0 Å². The number of hydrogen-bond donors (Lipinski definition) is 1. The van der Waals surface area contributed by atoms with E-state index in [0.29, 0.717) is 12.3 Å². The average molecular weight is 241 g/mol. The lowest BCUT2D eigenvalue weighted by atomic mass is 9.85. The Morgan fingerprint density at radius 1 is 1.41 bits per heavy atom. The smallest absolute Gasteiger partial charge is 0.306 e. The lowest BCUT2D eigenvalue weighted by Crippen LogP contribution is -2.29. The van der Waals surface area contributed by atoms with Crippen LogP contribution in [0.2, 0.25) is 0 Å². The number of carbonyl (C=O) groups excluding carboxylic acids is 1. The lowest BCUT2D eigenvalue weighted by Gasteiger charge is -2.30. The zero-order valence-electron chi connectivity index (χ0n) is 11.3. The van der Waals surface area contributed by atoms with Gasteiger partial charge in [0, 0.05) is 12.5 Å². The minimum atomic E-state index is -0.0315. The Bertz CT molecular complexity index is 228. The molecule has 1 rings (SSSR count). The molecule has 1 aliphatic carbocycles. The van der Waals surface area contributed by atoms with Crippen molar-refractivity contribution >= 4 is 5.97 Å². The average Bonchev–Trinajstić information content (AvgIpc) is 2.29. The van der Waals surface area contributed by atoms with Crippen molar-refractivity contribution < 1.29 is 9.53 Å². The molecule has 1 aliphatic rings. The molecule has 1 fully saturated rings. The van der Waals surface area contributed by atoms with Crippen LogP contribution in [0.3, 0.4) is 0 Å². The van der Waals surface area contributed by atoms with Gasteiger partial charge in [0.1, 0.15) is 6.10 Å². The van der Waals surface area contributed by atoms with Gasteiger partial charge in [-0.25, -0.2) is 0 Å². The van der Waals surface area contributed by atoms with E-state index in [1.807, 2.05) is 6.92 Å². The van der Waals surface area contributed by atoms with Crippen LogP contribution in [0.25, 0.3) is 0 Å². The molecule has 3 unspecified atom stereocenters. The second kappa shape index (κ2) is 7.70. The summed E-state index contributed by atoms with van der Waals surface area (Å²) in [5.41, 5.74) is 5.65. The largest absolute Gasteiger partial charge is 0.462 e. The molecule has 1 saturated carbocycles. The highest BCUT2D eigenvalue weighted by Crippen LogP contribution is 2.29. The SMILES string of the molecule is CCC1CCCCC1OC(=O)CCCC(C)N. The summed E-state index contributed by atoms with van der Waals surface area (Å²) in [6.45, 7) is 4.16. The molecule has 100 valence electrons. The fraction of sp³-hybridized carbons (Fsp3) is 0.929. The Balaban J connectivity index is 2.24. The molecule has 2 N–H and O–H groups in total. The highest BCUT2D eigenvalue weighted by Gasteiger charge is 2.26. The second-order valence-corrected chi connectivity index (χ2v) is 5.35. The first-order chi connectivity index (χ1) is 8.13. The summed E-state index contributed by atoms with van der Waals surface area (Å²) in [7, 11) is 0. The quantitative estimate of drug-likeness (QED) is 0.727. The predicted molar refractivity (Wildman–Crippen MR) is 69.6 cm³/mol. The van der Waals surface area contributed by atoms with Crippen LogP contribution < -0.4 is 5.73 Å². The fourth-order valence-corrected chi connectivity index (χ4v) is 2.59. The number of esters is 1. The fourth-order valence-electron chi connectivity index (χ4n) is 2.59. The van der Waals surface area contributed by atoms with E-state index in [4.69, 9.17) is 10.5 Å². The maximum absolute atomic E-state index is 11.7. The van der Waals surface area contributed by atoms with E-state index in [-0.39, 0.29) is 18.1 Å². The van der Waals surface area contributed by atoms with Crippen LogP contribution in [0, 0.1) is 5.92 Å². The minimum absolute atomic E-state index is 0.0315. The molecular weight excluding hydrogens is 214 g/mol. The van der Waals surface area contributed by atoms with Crippen molar-refractivity contribution in [1.29, 1.82) is 0 Å². The summed E-state index contributed by atoms with van der Waals surface area (Å²) in [5.74, 6) is 0.553. The van der Waals surface area contributed by atoms with Crippen LogP contribution >= 0.6 is 0 Å². The summed E-state index contributed by atoms with van der Waals surface area (Å²) in [6.07, 6.45) is 8.33. The highest BCUT2D eigenvalue weighted by molar-refractivity contribution is 5.69. The first kappa shape index (κ1) is 14.5. The number of rotatable bonds is 6. The first-order valence-corrected chi connectivity index (χ1v) is 7.08. The summed E-state index contributed by atoms with van der Waals surface area (Å²) >= 11 is 0. The van der Waals surface area contributed by atoms with Gasteiger partial charge in [0.2, 0.25) is 0 Å². The van der Waals surface area contributed by atoms with Crippen molar-refractivity contribution in [3.63, 3.8) is 0 Å². The van der Waals surface area contributed by atoms with Gasteiger partial charge in [0.25, 0.3) is 0 Å². The number of hydrogen-bond acceptors (Lipinski definition) is 3. The van der Waals surface area contributed by atoms with Crippen LogP contribution in [-0.4, -0.2) is 18.1 Å². The maximum atomic E-state index is 11.7. The molecule has 3 heteroatoms. The zero-order chi connectivity index (χ0) is 12.7. The molecule has 0 heterocycles. The third kappa shape index (κ3) is 5.53. The molecule has 0 bridgehead atoms. The van der Waals surface area contributed by atoms with Gasteiger partial charge in [-0.05, 0) is 51.4 Å². The van der Waals surface area contributed by atoms with E-state index in [0.717, 1.165) is 25.7 Å². The Morgan fingerprint density at radius 2 is 2.12 bits per heavy atom. The summed E-state index contributed by atoms with van der Waals surface area (Å²) < 4.78 is 5.60. The molecule has 0 saturated heterocycles. The van der Waals surface area contributed by atoms with Gasteiger partial charge in [0.05, 0.1) is 0 Å². The highest BCUT2D eigenvalue weighted by atomic mass is 16.5. The van der Waals surface area contributed by atoms with Crippen molar-refractivity contribution in [3.8, 4) is 0 Å². The van der Waals surface area contributed by atoms with Crippen molar-refractivity contribution in [2.45, 2.75) is 77.4 Å². The molecule has 0 spiro atoms. The van der Waals surface area contributed by atoms with Crippen LogP contribution in [0.15, 0.2) is 0 Å². The van der Waals surface area contributed by atoms with Crippen molar-refractivity contribution in [1.82, 2.24) is 0 Å². The molecule has 3 atom stereocenters. The Morgan fingerprint density at radius 3 is 2.76 bits per heavy atom. The monoisotopic (exact) mass is 241 g/mol. The molecule has 0 amide bonds. The van der Waals surface area contributed by atoms with E-state index in [1.54, 1.807) is 0 Å². The standard InChI is InChI=1S/C14H27NO2/c1-3-12-8-4-5-9-13(12)17-14(16)10-6-7-11(2)15/h11-13H,3-10,15H2,1-2H3.